The Hall–Kier alpha value is -3.32. The summed E-state index contributed by atoms with van der Waals surface area (Å²) >= 11 is 5.90. The van der Waals surface area contributed by atoms with Crippen LogP contribution in [-0.2, 0) is 22.7 Å². The molecule has 7 nitrogen and oxygen atoms in total. The van der Waals surface area contributed by atoms with Gasteiger partial charge >= 0.3 is 11.7 Å². The highest BCUT2D eigenvalue weighted by atomic mass is 35.5. The average molecular weight is 413 g/mol. The lowest BCUT2D eigenvalue weighted by Gasteiger charge is -2.04. The van der Waals surface area contributed by atoms with Gasteiger partial charge < -0.3 is 13.6 Å². The van der Waals surface area contributed by atoms with Gasteiger partial charge in [0.15, 0.2) is 5.58 Å². The first-order valence-electron chi connectivity index (χ1n) is 8.97. The fourth-order valence-corrected chi connectivity index (χ4v) is 3.10. The molecule has 148 valence electrons. The Bertz CT molecular complexity index is 1220. The molecular formula is C21H17ClN2O5. The maximum atomic E-state index is 12.2. The van der Waals surface area contributed by atoms with Gasteiger partial charge in [0.05, 0.1) is 11.9 Å². The first-order valence-corrected chi connectivity index (χ1v) is 9.35. The number of carbonyl (C=O) groups excluding carboxylic acids is 1. The van der Waals surface area contributed by atoms with Crippen LogP contribution in [0.2, 0.25) is 5.02 Å². The third kappa shape index (κ3) is 4.09. The van der Waals surface area contributed by atoms with E-state index in [2.05, 4.69) is 4.98 Å². The third-order valence-corrected chi connectivity index (χ3v) is 4.69. The number of esters is 1. The molecule has 4 aromatic rings. The fraction of sp³-hybridized carbons (Fsp3) is 0.190. The summed E-state index contributed by atoms with van der Waals surface area (Å²) in [4.78, 5) is 28.6. The van der Waals surface area contributed by atoms with Gasteiger partial charge in [-0.2, -0.15) is 0 Å². The van der Waals surface area contributed by atoms with Crippen LogP contribution in [0.25, 0.3) is 22.6 Å². The summed E-state index contributed by atoms with van der Waals surface area (Å²) in [6, 6.07) is 14.4. The molecule has 0 amide bonds. The molecule has 0 aliphatic rings. The number of fused-ring (bicyclic) bond motifs is 1. The van der Waals surface area contributed by atoms with Crippen LogP contribution >= 0.6 is 11.6 Å². The lowest BCUT2D eigenvalue weighted by atomic mass is 10.2. The van der Waals surface area contributed by atoms with Gasteiger partial charge in [0, 0.05) is 23.2 Å². The molecule has 0 aliphatic carbocycles. The number of oxazole rings is 2. The molecule has 0 saturated carbocycles. The van der Waals surface area contributed by atoms with Crippen molar-refractivity contribution in [2.24, 2.45) is 0 Å². The zero-order valence-electron chi connectivity index (χ0n) is 15.6. The molecule has 2 aromatic heterocycles. The largest absolute Gasteiger partial charge is 0.459 e. The van der Waals surface area contributed by atoms with E-state index in [1.165, 1.54) is 4.57 Å². The number of carbonyl (C=O) groups is 1. The van der Waals surface area contributed by atoms with Crippen molar-refractivity contribution in [2.75, 3.05) is 0 Å². The van der Waals surface area contributed by atoms with Crippen molar-refractivity contribution in [1.29, 1.82) is 0 Å². The van der Waals surface area contributed by atoms with Crippen LogP contribution in [0.15, 0.2) is 62.2 Å². The third-order valence-electron chi connectivity index (χ3n) is 4.45. The van der Waals surface area contributed by atoms with Crippen LogP contribution in [-0.4, -0.2) is 15.5 Å². The number of aryl methyl sites for hydroxylation is 2. The molecule has 0 bridgehead atoms. The van der Waals surface area contributed by atoms with Crippen molar-refractivity contribution in [2.45, 2.75) is 26.5 Å². The maximum Gasteiger partial charge on any atom is 0.419 e. The van der Waals surface area contributed by atoms with E-state index >= 15 is 0 Å². The minimum atomic E-state index is -0.546. The van der Waals surface area contributed by atoms with Gasteiger partial charge in [-0.15, -0.1) is 0 Å². The molecular weight excluding hydrogens is 396 g/mol. The van der Waals surface area contributed by atoms with Gasteiger partial charge in [-0.1, -0.05) is 29.8 Å². The quantitative estimate of drug-likeness (QED) is 0.437. The van der Waals surface area contributed by atoms with Gasteiger partial charge in [0.1, 0.15) is 18.1 Å². The first kappa shape index (κ1) is 19.0. The molecule has 2 aromatic carbocycles. The standard InChI is InChI=1S/C21H17ClN2O5/c1-13-16(23-20(28-13)14-5-3-2-4-6-14)12-27-19(25)9-10-24-17-8-7-15(22)11-18(17)29-21(24)26/h2-8,11H,9-10,12H2,1H3. The molecule has 29 heavy (non-hydrogen) atoms. The van der Waals surface area contributed by atoms with E-state index in [4.69, 9.17) is 25.2 Å². The molecule has 0 unspecified atom stereocenters. The number of benzene rings is 2. The van der Waals surface area contributed by atoms with E-state index in [1.54, 1.807) is 25.1 Å². The Kier molecular flexibility index (Phi) is 5.22. The molecule has 0 spiro atoms. The second-order valence-electron chi connectivity index (χ2n) is 6.43. The number of nitrogens with zero attached hydrogens (tertiary/aromatic N) is 2. The first-order chi connectivity index (χ1) is 14.0. The second-order valence-corrected chi connectivity index (χ2v) is 6.87. The van der Waals surface area contributed by atoms with Gasteiger partial charge in [0.2, 0.25) is 5.89 Å². The van der Waals surface area contributed by atoms with Crippen molar-refractivity contribution in [3.63, 3.8) is 0 Å². The van der Waals surface area contributed by atoms with Crippen LogP contribution in [0.4, 0.5) is 0 Å². The van der Waals surface area contributed by atoms with Crippen LogP contribution in [0.1, 0.15) is 17.9 Å². The Morgan fingerprint density at radius 1 is 1.17 bits per heavy atom. The molecule has 8 heteroatoms. The summed E-state index contributed by atoms with van der Waals surface area (Å²) in [6.45, 7) is 1.90. The summed E-state index contributed by atoms with van der Waals surface area (Å²) in [5, 5.41) is 0.468. The van der Waals surface area contributed by atoms with Gasteiger partial charge in [-0.3, -0.25) is 9.36 Å². The van der Waals surface area contributed by atoms with Gasteiger partial charge in [-0.05, 0) is 31.2 Å². The lowest BCUT2D eigenvalue weighted by Crippen LogP contribution is -2.17. The summed E-state index contributed by atoms with van der Waals surface area (Å²) in [6.07, 6.45) is 0.0135. The topological polar surface area (TPSA) is 87.5 Å². The fourth-order valence-electron chi connectivity index (χ4n) is 2.94. The van der Waals surface area contributed by atoms with E-state index in [1.807, 2.05) is 30.3 Å². The average Bonchev–Trinajstić information content (AvgIpc) is 3.24. The summed E-state index contributed by atoms with van der Waals surface area (Å²) in [5.74, 6) is 0.0635. The zero-order valence-corrected chi connectivity index (χ0v) is 16.3. The van der Waals surface area contributed by atoms with Crippen molar-refractivity contribution in [3.8, 4) is 11.5 Å². The highest BCUT2D eigenvalue weighted by Gasteiger charge is 2.15. The number of ether oxygens (including phenoxy) is 1. The number of aromatic nitrogens is 2. The number of hydrogen-bond acceptors (Lipinski definition) is 6. The Balaban J connectivity index is 1.38. The molecule has 0 saturated heterocycles. The molecule has 4 rings (SSSR count). The van der Waals surface area contributed by atoms with Crippen molar-refractivity contribution >= 4 is 28.7 Å². The van der Waals surface area contributed by atoms with Gasteiger partial charge in [0.25, 0.3) is 0 Å². The smallest absolute Gasteiger partial charge is 0.419 e. The minimum Gasteiger partial charge on any atom is -0.459 e. The van der Waals surface area contributed by atoms with Gasteiger partial charge in [-0.25, -0.2) is 9.78 Å². The number of halogens is 1. The second kappa shape index (κ2) is 7.97. The van der Waals surface area contributed by atoms with E-state index in [-0.39, 0.29) is 19.6 Å². The SMILES string of the molecule is Cc1oc(-c2ccccc2)nc1COC(=O)CCn1c(=O)oc2cc(Cl)ccc21. The number of hydrogen-bond donors (Lipinski definition) is 0. The van der Waals surface area contributed by atoms with Crippen LogP contribution in [0.3, 0.4) is 0 Å². The van der Waals surface area contributed by atoms with Crippen molar-refractivity contribution < 1.29 is 18.4 Å². The number of rotatable bonds is 6. The summed E-state index contributed by atoms with van der Waals surface area (Å²) in [7, 11) is 0. The normalized spacial score (nSPS) is 11.1. The Labute approximate surface area is 170 Å². The lowest BCUT2D eigenvalue weighted by molar-refractivity contribution is -0.145. The molecule has 0 fully saturated rings. The Morgan fingerprint density at radius 2 is 1.97 bits per heavy atom. The highest BCUT2D eigenvalue weighted by Crippen LogP contribution is 2.22. The van der Waals surface area contributed by atoms with E-state index in [0.29, 0.717) is 33.5 Å². The molecule has 2 heterocycles. The summed E-state index contributed by atoms with van der Waals surface area (Å²) in [5.41, 5.74) is 2.35. The van der Waals surface area contributed by atoms with E-state index in [9.17, 15) is 9.59 Å². The highest BCUT2D eigenvalue weighted by molar-refractivity contribution is 6.31. The van der Waals surface area contributed by atoms with E-state index in [0.717, 1.165) is 5.56 Å². The monoisotopic (exact) mass is 412 g/mol. The molecule has 0 aliphatic heterocycles. The molecule has 0 atom stereocenters. The zero-order chi connectivity index (χ0) is 20.4. The Morgan fingerprint density at radius 3 is 2.76 bits per heavy atom. The van der Waals surface area contributed by atoms with Crippen LogP contribution < -0.4 is 5.76 Å². The minimum absolute atomic E-state index is 0.00234. The van der Waals surface area contributed by atoms with E-state index < -0.39 is 11.7 Å². The molecule has 0 radical (unpaired) electrons. The van der Waals surface area contributed by atoms with Crippen molar-refractivity contribution in [1.82, 2.24) is 9.55 Å². The van der Waals surface area contributed by atoms with Crippen molar-refractivity contribution in [3.05, 3.63) is 75.6 Å². The van der Waals surface area contributed by atoms with Crippen LogP contribution in [0.5, 0.6) is 0 Å². The predicted octanol–water partition coefficient (Wildman–Crippen LogP) is 4.34. The summed E-state index contributed by atoms with van der Waals surface area (Å²) < 4.78 is 17.5. The van der Waals surface area contributed by atoms with Crippen LogP contribution in [0, 0.1) is 6.92 Å². The predicted molar refractivity (Wildman–Crippen MR) is 107 cm³/mol. The maximum absolute atomic E-state index is 12.2. The molecule has 0 N–H and O–H groups in total.